The molecule has 5 rings (SSSR count). The van der Waals surface area contributed by atoms with Gasteiger partial charge in [0.1, 0.15) is 5.82 Å². The number of carbonyl (C=O) groups is 4. The molecule has 1 aliphatic heterocycles. The van der Waals surface area contributed by atoms with Gasteiger partial charge in [-0.25, -0.2) is 4.39 Å². The summed E-state index contributed by atoms with van der Waals surface area (Å²) in [5, 5.41) is 8.30. The van der Waals surface area contributed by atoms with Crippen LogP contribution >= 0.6 is 0 Å². The Morgan fingerprint density at radius 3 is 2.50 bits per heavy atom. The monoisotopic (exact) mass is 540 g/mol. The molecule has 0 radical (unpaired) electrons. The zero-order valence-corrected chi connectivity index (χ0v) is 21.8. The first-order valence-corrected chi connectivity index (χ1v) is 12.4. The van der Waals surface area contributed by atoms with E-state index in [9.17, 15) is 23.6 Å². The van der Waals surface area contributed by atoms with Crippen LogP contribution < -0.4 is 16.0 Å². The van der Waals surface area contributed by atoms with Crippen LogP contribution in [-0.4, -0.2) is 28.5 Å². The number of aromatic nitrogens is 1. The molecule has 10 heteroatoms. The Balaban J connectivity index is 1.39. The number of Topliss-reactive ketones (excluding diaryl/α,β-unsaturated/α-hetero) is 1. The molecule has 4 aromatic rings. The van der Waals surface area contributed by atoms with Crippen LogP contribution in [0.2, 0.25) is 0 Å². The summed E-state index contributed by atoms with van der Waals surface area (Å²) in [5.74, 6) is -2.80. The normalized spacial score (nSPS) is 14.0. The largest absolute Gasteiger partial charge is 0.461 e. The van der Waals surface area contributed by atoms with Gasteiger partial charge in [-0.3, -0.25) is 19.2 Å². The number of hydrogen-bond donors (Lipinski definition) is 4. The third-order valence-corrected chi connectivity index (χ3v) is 6.74. The maximum atomic E-state index is 13.3. The van der Waals surface area contributed by atoms with E-state index in [1.165, 1.54) is 30.5 Å². The number of anilines is 2. The minimum absolute atomic E-state index is 0.0724. The summed E-state index contributed by atoms with van der Waals surface area (Å²) in [6, 6.07) is 13.3. The van der Waals surface area contributed by atoms with Crippen molar-refractivity contribution >= 4 is 46.5 Å². The summed E-state index contributed by atoms with van der Waals surface area (Å²) in [4.78, 5) is 53.8. The molecule has 1 aliphatic rings. The Bertz CT molecular complexity index is 1680. The fraction of sp³-hybridized carbons (Fsp3) is 0.133. The van der Waals surface area contributed by atoms with Crippen LogP contribution in [0, 0.1) is 19.7 Å². The van der Waals surface area contributed by atoms with E-state index in [4.69, 9.17) is 4.42 Å². The second-order valence-electron chi connectivity index (χ2n) is 9.44. The highest BCUT2D eigenvalue weighted by Crippen LogP contribution is 2.35. The Hall–Kier alpha value is -5.25. The second-order valence-corrected chi connectivity index (χ2v) is 9.44. The molecule has 0 saturated carbocycles. The minimum Gasteiger partial charge on any atom is -0.461 e. The first-order valence-electron chi connectivity index (χ1n) is 12.4. The highest BCUT2D eigenvalue weighted by molar-refractivity contribution is 6.46. The number of nitrogens with one attached hydrogen (secondary N) is 4. The van der Waals surface area contributed by atoms with Gasteiger partial charge in [0.25, 0.3) is 23.5 Å². The van der Waals surface area contributed by atoms with E-state index in [1.807, 2.05) is 0 Å². The number of hydrogen-bond acceptors (Lipinski definition) is 5. The number of aromatic amines is 1. The van der Waals surface area contributed by atoms with Gasteiger partial charge < -0.3 is 25.4 Å². The highest BCUT2D eigenvalue weighted by Gasteiger charge is 2.27. The Morgan fingerprint density at radius 1 is 1.05 bits per heavy atom. The van der Waals surface area contributed by atoms with E-state index in [0.717, 1.165) is 5.56 Å². The molecule has 3 amide bonds. The maximum Gasteiger partial charge on any atom is 0.300 e. The number of aryl methyl sites for hydroxylation is 1. The summed E-state index contributed by atoms with van der Waals surface area (Å²) in [7, 11) is 0. The number of ketones is 1. The van der Waals surface area contributed by atoms with Crippen molar-refractivity contribution in [3.05, 3.63) is 106 Å². The molecule has 3 heterocycles. The molecule has 0 fully saturated rings. The molecule has 202 valence electrons. The molecule has 4 N–H and O–H groups in total. The summed E-state index contributed by atoms with van der Waals surface area (Å²) >= 11 is 0. The number of furan rings is 1. The van der Waals surface area contributed by atoms with Gasteiger partial charge in [-0.1, -0.05) is 12.1 Å². The molecule has 0 unspecified atom stereocenters. The van der Waals surface area contributed by atoms with Gasteiger partial charge in [-0.05, 0) is 80.4 Å². The molecule has 1 atom stereocenters. The predicted molar refractivity (Wildman–Crippen MR) is 147 cm³/mol. The Kier molecular flexibility index (Phi) is 6.91. The molecule has 0 spiro atoms. The van der Waals surface area contributed by atoms with Crippen molar-refractivity contribution in [3.8, 4) is 0 Å². The number of halogens is 1. The molecule has 9 nitrogen and oxygen atoms in total. The Labute approximate surface area is 228 Å². The number of benzene rings is 2. The Morgan fingerprint density at radius 2 is 1.80 bits per heavy atom. The molecule has 2 aromatic heterocycles. The topological polar surface area (TPSA) is 133 Å². The van der Waals surface area contributed by atoms with E-state index < -0.39 is 11.7 Å². The van der Waals surface area contributed by atoms with Gasteiger partial charge in [0.2, 0.25) is 0 Å². The zero-order chi connectivity index (χ0) is 28.6. The molecular weight excluding hydrogens is 515 g/mol. The van der Waals surface area contributed by atoms with Gasteiger partial charge >= 0.3 is 0 Å². The van der Waals surface area contributed by atoms with Crippen LogP contribution in [0.1, 0.15) is 62.0 Å². The lowest BCUT2D eigenvalue weighted by molar-refractivity contribution is -0.112. The first kappa shape index (κ1) is 26.4. The van der Waals surface area contributed by atoms with Gasteiger partial charge in [0, 0.05) is 28.2 Å². The average molecular weight is 541 g/mol. The van der Waals surface area contributed by atoms with E-state index in [2.05, 4.69) is 20.9 Å². The number of amides is 3. The van der Waals surface area contributed by atoms with Crippen LogP contribution in [-0.2, 0) is 9.59 Å². The molecular formula is C30H25FN4O5. The van der Waals surface area contributed by atoms with Gasteiger partial charge in [0.05, 0.1) is 23.6 Å². The summed E-state index contributed by atoms with van der Waals surface area (Å²) in [6.07, 6.45) is 2.94. The lowest BCUT2D eigenvalue weighted by Gasteiger charge is -2.15. The molecule has 0 bridgehead atoms. The zero-order valence-electron chi connectivity index (χ0n) is 21.8. The predicted octanol–water partition coefficient (Wildman–Crippen LogP) is 5.17. The quantitative estimate of drug-likeness (QED) is 0.146. The molecule has 2 aromatic carbocycles. The SMILES string of the molecule is Cc1[nH]c(/C=C2\C(=O)Nc3ccc(C(=O)N[C@H](C)c4ccc(F)cc4)cc32)c(C)c1NC(=O)C(=O)c1ccco1. The number of fused-ring (bicyclic) bond motifs is 1. The summed E-state index contributed by atoms with van der Waals surface area (Å²) in [6.45, 7) is 5.27. The fourth-order valence-corrected chi connectivity index (χ4v) is 4.53. The van der Waals surface area contributed by atoms with Crippen molar-refractivity contribution in [2.45, 2.75) is 26.8 Å². The molecule has 40 heavy (non-hydrogen) atoms. The number of rotatable bonds is 7. The highest BCUT2D eigenvalue weighted by atomic mass is 19.1. The van der Waals surface area contributed by atoms with Crippen molar-refractivity contribution in [2.24, 2.45) is 0 Å². The smallest absolute Gasteiger partial charge is 0.300 e. The van der Waals surface area contributed by atoms with Gasteiger partial charge in [0.15, 0.2) is 5.76 Å². The van der Waals surface area contributed by atoms with Crippen molar-refractivity contribution in [1.29, 1.82) is 0 Å². The first-order chi connectivity index (χ1) is 19.1. The van der Waals surface area contributed by atoms with Crippen LogP contribution in [0.3, 0.4) is 0 Å². The minimum atomic E-state index is -0.853. The third kappa shape index (κ3) is 5.06. The lowest BCUT2D eigenvalue weighted by Crippen LogP contribution is -2.26. The fourth-order valence-electron chi connectivity index (χ4n) is 4.53. The molecule has 0 aliphatic carbocycles. The van der Waals surface area contributed by atoms with E-state index >= 15 is 0 Å². The van der Waals surface area contributed by atoms with Crippen LogP contribution in [0.25, 0.3) is 11.6 Å². The van der Waals surface area contributed by atoms with E-state index in [0.29, 0.717) is 45.0 Å². The van der Waals surface area contributed by atoms with Crippen LogP contribution in [0.4, 0.5) is 15.8 Å². The number of carbonyl (C=O) groups excluding carboxylic acids is 4. The van der Waals surface area contributed by atoms with Crippen LogP contribution in [0.5, 0.6) is 0 Å². The standard InChI is InChI=1S/C30H25FN4O5/c1-15-24(32-17(3)26(15)35-30(39)27(36)25-5-4-12-40-25)14-22-21-13-19(8-11-23(21)34-29(22)38)28(37)33-16(2)18-6-9-20(31)10-7-18/h4-14,16,32H,1-3H3,(H,33,37)(H,34,38)(H,35,39)/b22-14-/t16-/m1/s1. The lowest BCUT2D eigenvalue weighted by atomic mass is 10.0. The summed E-state index contributed by atoms with van der Waals surface area (Å²) in [5.41, 5.74) is 4.69. The van der Waals surface area contributed by atoms with Crippen molar-refractivity contribution in [3.63, 3.8) is 0 Å². The number of H-pyrrole nitrogens is 1. The van der Waals surface area contributed by atoms with Crippen molar-refractivity contribution in [1.82, 2.24) is 10.3 Å². The van der Waals surface area contributed by atoms with Crippen molar-refractivity contribution in [2.75, 3.05) is 10.6 Å². The van der Waals surface area contributed by atoms with Crippen LogP contribution in [0.15, 0.2) is 65.3 Å². The summed E-state index contributed by atoms with van der Waals surface area (Å²) < 4.78 is 18.3. The van der Waals surface area contributed by atoms with Gasteiger partial charge in [-0.2, -0.15) is 0 Å². The average Bonchev–Trinajstić information content (AvgIpc) is 3.64. The van der Waals surface area contributed by atoms with E-state index in [-0.39, 0.29) is 29.4 Å². The maximum absolute atomic E-state index is 13.3. The van der Waals surface area contributed by atoms with Crippen molar-refractivity contribution < 1.29 is 28.0 Å². The third-order valence-electron chi connectivity index (χ3n) is 6.74. The van der Waals surface area contributed by atoms with E-state index in [1.54, 1.807) is 57.2 Å². The second kappa shape index (κ2) is 10.5. The van der Waals surface area contributed by atoms with Gasteiger partial charge in [-0.15, -0.1) is 0 Å². The molecule has 0 saturated heterocycles.